The predicted molar refractivity (Wildman–Crippen MR) is 94.1 cm³/mol. The van der Waals surface area contributed by atoms with Crippen molar-refractivity contribution in [2.75, 3.05) is 20.2 Å². The standard InChI is InChI=1S/C20H19NO3/c1-3-14-21(15-8-11-16-9-5-4-6-10-16)20(23)17-12-7-13-18(24-2)19(17)22/h3-7,9-10,12-13,22H,1,14-15H2,2H3. The maximum atomic E-state index is 12.7. The minimum absolute atomic E-state index is 0.171. The van der Waals surface area contributed by atoms with Crippen LogP contribution in [0.25, 0.3) is 0 Å². The Balaban J connectivity index is 2.20. The average molecular weight is 321 g/mol. The van der Waals surface area contributed by atoms with Gasteiger partial charge in [-0.1, -0.05) is 42.2 Å². The molecule has 0 saturated heterocycles. The lowest BCUT2D eigenvalue weighted by Gasteiger charge is -2.19. The molecule has 0 aliphatic heterocycles. The van der Waals surface area contributed by atoms with Crippen LogP contribution in [-0.2, 0) is 0 Å². The molecule has 0 aliphatic carbocycles. The summed E-state index contributed by atoms with van der Waals surface area (Å²) in [4.78, 5) is 14.2. The van der Waals surface area contributed by atoms with Gasteiger partial charge in [0, 0.05) is 12.1 Å². The van der Waals surface area contributed by atoms with Crippen molar-refractivity contribution in [3.63, 3.8) is 0 Å². The highest BCUT2D eigenvalue weighted by Gasteiger charge is 2.19. The minimum Gasteiger partial charge on any atom is -0.504 e. The zero-order chi connectivity index (χ0) is 17.4. The molecular formula is C20H19NO3. The number of methoxy groups -OCH3 is 1. The molecule has 0 atom stereocenters. The second kappa shape index (κ2) is 8.44. The summed E-state index contributed by atoms with van der Waals surface area (Å²) in [7, 11) is 1.44. The molecule has 1 amide bonds. The molecule has 2 aromatic carbocycles. The second-order valence-corrected chi connectivity index (χ2v) is 5.00. The minimum atomic E-state index is -0.325. The first-order valence-corrected chi connectivity index (χ1v) is 7.47. The van der Waals surface area contributed by atoms with Crippen LogP contribution in [0, 0.1) is 11.8 Å². The summed E-state index contributed by atoms with van der Waals surface area (Å²) in [5, 5.41) is 10.1. The molecule has 0 aliphatic rings. The normalized spacial score (nSPS) is 9.54. The van der Waals surface area contributed by atoms with Gasteiger partial charge in [-0.3, -0.25) is 4.79 Å². The predicted octanol–water partition coefficient (Wildman–Crippen LogP) is 3.08. The summed E-state index contributed by atoms with van der Waals surface area (Å²) in [6.07, 6.45) is 1.62. The van der Waals surface area contributed by atoms with E-state index in [1.54, 1.807) is 24.3 Å². The van der Waals surface area contributed by atoms with Crippen LogP contribution >= 0.6 is 0 Å². The van der Waals surface area contributed by atoms with Gasteiger partial charge in [0.05, 0.1) is 19.2 Å². The molecule has 24 heavy (non-hydrogen) atoms. The number of benzene rings is 2. The summed E-state index contributed by atoms with van der Waals surface area (Å²) >= 11 is 0. The van der Waals surface area contributed by atoms with Crippen molar-refractivity contribution in [2.24, 2.45) is 0 Å². The Bertz CT molecular complexity index is 772. The number of hydrogen-bond acceptors (Lipinski definition) is 3. The van der Waals surface area contributed by atoms with E-state index in [1.807, 2.05) is 30.3 Å². The number of amides is 1. The Kier molecular flexibility index (Phi) is 6.04. The number of phenols is 1. The van der Waals surface area contributed by atoms with Crippen LogP contribution in [0.5, 0.6) is 11.5 Å². The molecule has 0 aromatic heterocycles. The van der Waals surface area contributed by atoms with Gasteiger partial charge in [0.25, 0.3) is 5.91 Å². The number of carbonyl (C=O) groups is 1. The van der Waals surface area contributed by atoms with Gasteiger partial charge in [0.2, 0.25) is 0 Å². The van der Waals surface area contributed by atoms with Crippen molar-refractivity contribution < 1.29 is 14.6 Å². The van der Waals surface area contributed by atoms with Crippen molar-refractivity contribution in [1.82, 2.24) is 4.90 Å². The average Bonchev–Trinajstić information content (AvgIpc) is 2.61. The first-order valence-electron chi connectivity index (χ1n) is 7.47. The number of para-hydroxylation sites is 1. The number of aromatic hydroxyl groups is 1. The first-order chi connectivity index (χ1) is 11.7. The molecule has 2 aromatic rings. The lowest BCUT2D eigenvalue weighted by Crippen LogP contribution is -2.31. The molecule has 0 saturated carbocycles. The fourth-order valence-corrected chi connectivity index (χ4v) is 2.16. The lowest BCUT2D eigenvalue weighted by molar-refractivity contribution is 0.0790. The molecule has 0 spiro atoms. The Morgan fingerprint density at radius 2 is 2.00 bits per heavy atom. The van der Waals surface area contributed by atoms with Crippen LogP contribution in [0.2, 0.25) is 0 Å². The Morgan fingerprint density at radius 3 is 2.67 bits per heavy atom. The Morgan fingerprint density at radius 1 is 1.25 bits per heavy atom. The van der Waals surface area contributed by atoms with Gasteiger partial charge >= 0.3 is 0 Å². The van der Waals surface area contributed by atoms with Crippen molar-refractivity contribution in [1.29, 1.82) is 0 Å². The van der Waals surface area contributed by atoms with Crippen molar-refractivity contribution >= 4 is 5.91 Å². The Labute approximate surface area is 142 Å². The smallest absolute Gasteiger partial charge is 0.258 e. The molecule has 4 heteroatoms. The van der Waals surface area contributed by atoms with E-state index in [9.17, 15) is 9.90 Å². The largest absolute Gasteiger partial charge is 0.504 e. The summed E-state index contributed by atoms with van der Waals surface area (Å²) in [6, 6.07) is 14.4. The number of phenolic OH excluding ortho intramolecular Hbond substituents is 1. The third-order valence-corrected chi connectivity index (χ3v) is 3.36. The molecule has 0 fully saturated rings. The molecule has 2 rings (SSSR count). The fourth-order valence-electron chi connectivity index (χ4n) is 2.16. The highest BCUT2D eigenvalue weighted by Crippen LogP contribution is 2.30. The molecule has 0 heterocycles. The summed E-state index contributed by atoms with van der Waals surface area (Å²) in [5.74, 6) is 5.75. The number of rotatable bonds is 5. The topological polar surface area (TPSA) is 49.8 Å². The number of nitrogens with zero attached hydrogens (tertiary/aromatic N) is 1. The maximum absolute atomic E-state index is 12.7. The van der Waals surface area contributed by atoms with E-state index >= 15 is 0 Å². The molecule has 1 N–H and O–H groups in total. The fraction of sp³-hybridized carbons (Fsp3) is 0.150. The van der Waals surface area contributed by atoms with Gasteiger partial charge in [-0.15, -0.1) is 6.58 Å². The van der Waals surface area contributed by atoms with Gasteiger partial charge in [-0.2, -0.15) is 0 Å². The number of carbonyl (C=O) groups excluding carboxylic acids is 1. The molecule has 0 radical (unpaired) electrons. The van der Waals surface area contributed by atoms with Crippen molar-refractivity contribution in [3.8, 4) is 23.3 Å². The van der Waals surface area contributed by atoms with Gasteiger partial charge in [-0.25, -0.2) is 0 Å². The van der Waals surface area contributed by atoms with E-state index in [1.165, 1.54) is 12.0 Å². The van der Waals surface area contributed by atoms with Gasteiger partial charge in [0.15, 0.2) is 11.5 Å². The zero-order valence-electron chi connectivity index (χ0n) is 13.5. The quantitative estimate of drug-likeness (QED) is 0.680. The van der Waals surface area contributed by atoms with E-state index < -0.39 is 0 Å². The lowest BCUT2D eigenvalue weighted by atomic mass is 10.1. The van der Waals surface area contributed by atoms with Crippen LogP contribution in [-0.4, -0.2) is 36.1 Å². The second-order valence-electron chi connectivity index (χ2n) is 5.00. The third-order valence-electron chi connectivity index (χ3n) is 3.36. The van der Waals surface area contributed by atoms with Crippen LogP contribution < -0.4 is 4.74 Å². The first kappa shape index (κ1) is 17.2. The van der Waals surface area contributed by atoms with Gasteiger partial charge in [-0.05, 0) is 24.3 Å². The van der Waals surface area contributed by atoms with Crippen molar-refractivity contribution in [2.45, 2.75) is 0 Å². The summed E-state index contributed by atoms with van der Waals surface area (Å²) in [6.45, 7) is 4.23. The molecule has 0 bridgehead atoms. The summed E-state index contributed by atoms with van der Waals surface area (Å²) in [5.41, 5.74) is 1.06. The van der Waals surface area contributed by atoms with Crippen LogP contribution in [0.15, 0.2) is 61.2 Å². The van der Waals surface area contributed by atoms with Crippen LogP contribution in [0.3, 0.4) is 0 Å². The van der Waals surface area contributed by atoms with Crippen molar-refractivity contribution in [3.05, 3.63) is 72.3 Å². The molecule has 0 unspecified atom stereocenters. The maximum Gasteiger partial charge on any atom is 0.258 e. The van der Waals surface area contributed by atoms with Crippen LogP contribution in [0.1, 0.15) is 15.9 Å². The SMILES string of the molecule is C=CCN(CC#Cc1ccccc1)C(=O)c1cccc(OC)c1O. The Hall–Kier alpha value is -3.19. The number of ether oxygens (including phenoxy) is 1. The van der Waals surface area contributed by atoms with E-state index in [0.29, 0.717) is 6.54 Å². The van der Waals surface area contributed by atoms with Gasteiger partial charge in [0.1, 0.15) is 0 Å². The van der Waals surface area contributed by atoms with Crippen LogP contribution in [0.4, 0.5) is 0 Å². The summed E-state index contributed by atoms with van der Waals surface area (Å²) < 4.78 is 5.05. The molecular weight excluding hydrogens is 302 g/mol. The zero-order valence-corrected chi connectivity index (χ0v) is 13.5. The van der Waals surface area contributed by atoms with E-state index in [2.05, 4.69) is 18.4 Å². The van der Waals surface area contributed by atoms with E-state index in [-0.39, 0.29) is 29.5 Å². The third kappa shape index (κ3) is 4.17. The molecule has 4 nitrogen and oxygen atoms in total. The monoisotopic (exact) mass is 321 g/mol. The van der Waals surface area contributed by atoms with E-state index in [4.69, 9.17) is 4.74 Å². The molecule has 122 valence electrons. The highest BCUT2D eigenvalue weighted by molar-refractivity contribution is 5.97. The highest BCUT2D eigenvalue weighted by atomic mass is 16.5. The van der Waals surface area contributed by atoms with Gasteiger partial charge < -0.3 is 14.7 Å². The van der Waals surface area contributed by atoms with E-state index in [0.717, 1.165) is 5.56 Å². The number of hydrogen-bond donors (Lipinski definition) is 1.